The number of carbonyl (C=O) groups excluding carboxylic acids is 2. The lowest BCUT2D eigenvalue weighted by molar-refractivity contribution is 0.0519. The standard InChI is InChI=1S/C15H21N3O3/c1-3-21-15(20)13-5-4-12(10-16-13)14(19)11-18-8-6-17(2)7-9-18/h4-5,10H,3,6-9,11H2,1-2H3. The van der Waals surface area contributed by atoms with E-state index in [4.69, 9.17) is 4.74 Å². The van der Waals surface area contributed by atoms with Gasteiger partial charge in [-0.2, -0.15) is 0 Å². The first kappa shape index (κ1) is 15.6. The van der Waals surface area contributed by atoms with Gasteiger partial charge in [-0.3, -0.25) is 9.69 Å². The first-order valence-electron chi connectivity index (χ1n) is 7.17. The Labute approximate surface area is 124 Å². The Morgan fingerprint density at radius 3 is 2.52 bits per heavy atom. The van der Waals surface area contributed by atoms with Crippen molar-refractivity contribution in [1.82, 2.24) is 14.8 Å². The van der Waals surface area contributed by atoms with Crippen molar-refractivity contribution in [1.29, 1.82) is 0 Å². The van der Waals surface area contributed by atoms with Crippen molar-refractivity contribution < 1.29 is 14.3 Å². The van der Waals surface area contributed by atoms with Crippen LogP contribution in [0.15, 0.2) is 18.3 Å². The number of hydrogen-bond donors (Lipinski definition) is 0. The number of pyridine rings is 1. The molecular weight excluding hydrogens is 270 g/mol. The first-order chi connectivity index (χ1) is 10.1. The second-order valence-corrected chi connectivity index (χ2v) is 5.16. The molecule has 6 heteroatoms. The molecule has 1 aromatic rings. The molecule has 0 spiro atoms. The van der Waals surface area contributed by atoms with Crippen LogP contribution in [0.2, 0.25) is 0 Å². The molecule has 0 bridgehead atoms. The van der Waals surface area contributed by atoms with Crippen molar-refractivity contribution in [2.24, 2.45) is 0 Å². The summed E-state index contributed by atoms with van der Waals surface area (Å²) in [6.07, 6.45) is 1.45. The highest BCUT2D eigenvalue weighted by Crippen LogP contribution is 2.06. The Balaban J connectivity index is 1.92. The van der Waals surface area contributed by atoms with Crippen molar-refractivity contribution >= 4 is 11.8 Å². The fourth-order valence-corrected chi connectivity index (χ4v) is 2.18. The summed E-state index contributed by atoms with van der Waals surface area (Å²) < 4.78 is 4.86. The Hall–Kier alpha value is -1.79. The highest BCUT2D eigenvalue weighted by molar-refractivity contribution is 5.98. The zero-order valence-corrected chi connectivity index (χ0v) is 12.5. The number of aromatic nitrogens is 1. The minimum absolute atomic E-state index is 0.0301. The fourth-order valence-electron chi connectivity index (χ4n) is 2.18. The zero-order valence-electron chi connectivity index (χ0n) is 12.5. The molecule has 0 aromatic carbocycles. The summed E-state index contributed by atoms with van der Waals surface area (Å²) in [4.78, 5) is 32.1. The van der Waals surface area contributed by atoms with Gasteiger partial charge in [-0.15, -0.1) is 0 Å². The van der Waals surface area contributed by atoms with Gasteiger partial charge in [0.15, 0.2) is 5.78 Å². The maximum atomic E-state index is 12.2. The molecular formula is C15H21N3O3. The number of ether oxygens (including phenoxy) is 1. The van der Waals surface area contributed by atoms with Gasteiger partial charge in [0.05, 0.1) is 13.2 Å². The monoisotopic (exact) mass is 291 g/mol. The molecule has 1 saturated heterocycles. The molecule has 0 radical (unpaired) electrons. The van der Waals surface area contributed by atoms with Gasteiger partial charge in [0.1, 0.15) is 5.69 Å². The topological polar surface area (TPSA) is 62.7 Å². The predicted molar refractivity (Wildman–Crippen MR) is 78.5 cm³/mol. The quantitative estimate of drug-likeness (QED) is 0.587. The largest absolute Gasteiger partial charge is 0.461 e. The second-order valence-electron chi connectivity index (χ2n) is 5.16. The highest BCUT2D eigenvalue weighted by Gasteiger charge is 2.18. The Kier molecular flexibility index (Phi) is 5.41. The maximum absolute atomic E-state index is 12.2. The van der Waals surface area contributed by atoms with Crippen molar-refractivity contribution in [2.45, 2.75) is 6.92 Å². The minimum Gasteiger partial charge on any atom is -0.461 e. The van der Waals surface area contributed by atoms with Gasteiger partial charge >= 0.3 is 5.97 Å². The molecule has 0 aliphatic carbocycles. The summed E-state index contributed by atoms with van der Waals surface area (Å²) in [6, 6.07) is 3.17. The van der Waals surface area contributed by atoms with Gasteiger partial charge in [0.25, 0.3) is 0 Å². The van der Waals surface area contributed by atoms with Gasteiger partial charge in [-0.25, -0.2) is 9.78 Å². The van der Waals surface area contributed by atoms with Crippen LogP contribution >= 0.6 is 0 Å². The summed E-state index contributed by atoms with van der Waals surface area (Å²) in [6.45, 7) is 6.21. The van der Waals surface area contributed by atoms with Crippen LogP contribution in [0.1, 0.15) is 27.8 Å². The van der Waals surface area contributed by atoms with Crippen LogP contribution in [0, 0.1) is 0 Å². The molecule has 0 atom stereocenters. The third-order valence-electron chi connectivity index (χ3n) is 3.53. The average molecular weight is 291 g/mol. The Morgan fingerprint density at radius 1 is 1.24 bits per heavy atom. The number of hydrogen-bond acceptors (Lipinski definition) is 6. The van der Waals surface area contributed by atoms with E-state index in [0.717, 1.165) is 26.2 Å². The van der Waals surface area contributed by atoms with Crippen LogP contribution < -0.4 is 0 Å². The molecule has 21 heavy (non-hydrogen) atoms. The number of carbonyl (C=O) groups is 2. The lowest BCUT2D eigenvalue weighted by Crippen LogP contribution is -2.46. The molecule has 0 amide bonds. The maximum Gasteiger partial charge on any atom is 0.356 e. The molecule has 1 aliphatic heterocycles. The van der Waals surface area contributed by atoms with E-state index in [9.17, 15) is 9.59 Å². The van der Waals surface area contributed by atoms with Gasteiger partial charge in [-0.1, -0.05) is 0 Å². The number of likely N-dealkylation sites (N-methyl/N-ethyl adjacent to an activating group) is 1. The SMILES string of the molecule is CCOC(=O)c1ccc(C(=O)CN2CCN(C)CC2)cn1. The second kappa shape index (κ2) is 7.28. The molecule has 1 aliphatic rings. The van der Waals surface area contributed by atoms with Crippen molar-refractivity contribution in [3.05, 3.63) is 29.6 Å². The van der Waals surface area contributed by atoms with E-state index >= 15 is 0 Å². The normalized spacial score (nSPS) is 16.7. The van der Waals surface area contributed by atoms with E-state index in [1.165, 1.54) is 12.3 Å². The smallest absolute Gasteiger partial charge is 0.356 e. The molecule has 114 valence electrons. The molecule has 0 unspecified atom stereocenters. The molecule has 6 nitrogen and oxygen atoms in total. The Morgan fingerprint density at radius 2 is 1.95 bits per heavy atom. The number of esters is 1. The van der Waals surface area contributed by atoms with E-state index < -0.39 is 5.97 Å². The van der Waals surface area contributed by atoms with Crippen LogP contribution in [0.5, 0.6) is 0 Å². The molecule has 1 aromatic heterocycles. The number of ketones is 1. The van der Waals surface area contributed by atoms with Gasteiger partial charge in [-0.05, 0) is 26.1 Å². The zero-order chi connectivity index (χ0) is 15.2. The summed E-state index contributed by atoms with van der Waals surface area (Å²) >= 11 is 0. The van der Waals surface area contributed by atoms with Gasteiger partial charge in [0, 0.05) is 37.9 Å². The van der Waals surface area contributed by atoms with Crippen LogP contribution in [0.3, 0.4) is 0 Å². The lowest BCUT2D eigenvalue weighted by atomic mass is 10.1. The van der Waals surface area contributed by atoms with E-state index in [1.54, 1.807) is 13.0 Å². The van der Waals surface area contributed by atoms with E-state index in [1.807, 2.05) is 0 Å². The van der Waals surface area contributed by atoms with Gasteiger partial charge < -0.3 is 9.64 Å². The van der Waals surface area contributed by atoms with Crippen molar-refractivity contribution in [3.63, 3.8) is 0 Å². The molecule has 1 fully saturated rings. The fraction of sp³-hybridized carbons (Fsp3) is 0.533. The van der Waals surface area contributed by atoms with Crippen molar-refractivity contribution in [3.8, 4) is 0 Å². The number of Topliss-reactive ketones (excluding diaryl/α,β-unsaturated/α-hetero) is 1. The molecule has 0 N–H and O–H groups in total. The van der Waals surface area contributed by atoms with E-state index in [2.05, 4.69) is 21.8 Å². The first-order valence-corrected chi connectivity index (χ1v) is 7.17. The molecule has 2 heterocycles. The van der Waals surface area contributed by atoms with Crippen LogP contribution in [-0.4, -0.2) is 72.9 Å². The highest BCUT2D eigenvalue weighted by atomic mass is 16.5. The minimum atomic E-state index is -0.462. The number of nitrogens with zero attached hydrogens (tertiary/aromatic N) is 3. The third-order valence-corrected chi connectivity index (χ3v) is 3.53. The summed E-state index contributed by atoms with van der Waals surface area (Å²) in [5.41, 5.74) is 0.759. The lowest BCUT2D eigenvalue weighted by Gasteiger charge is -2.31. The molecule has 2 rings (SSSR count). The van der Waals surface area contributed by atoms with Crippen LogP contribution in [-0.2, 0) is 4.74 Å². The van der Waals surface area contributed by atoms with E-state index in [-0.39, 0.29) is 11.5 Å². The Bertz CT molecular complexity index is 493. The number of piperazine rings is 1. The summed E-state index contributed by atoms with van der Waals surface area (Å²) in [7, 11) is 2.08. The van der Waals surface area contributed by atoms with Crippen LogP contribution in [0.4, 0.5) is 0 Å². The average Bonchev–Trinajstić information content (AvgIpc) is 2.50. The van der Waals surface area contributed by atoms with Crippen LogP contribution in [0.25, 0.3) is 0 Å². The van der Waals surface area contributed by atoms with Crippen molar-refractivity contribution in [2.75, 3.05) is 46.4 Å². The summed E-state index contributed by atoms with van der Waals surface area (Å²) in [5, 5.41) is 0. The van der Waals surface area contributed by atoms with Gasteiger partial charge in [0.2, 0.25) is 0 Å². The number of rotatable bonds is 5. The molecule has 0 saturated carbocycles. The van der Waals surface area contributed by atoms with E-state index in [0.29, 0.717) is 18.7 Å². The summed E-state index contributed by atoms with van der Waals surface area (Å²) in [5.74, 6) is -0.432. The predicted octanol–water partition coefficient (Wildman–Crippen LogP) is 0.688. The third kappa shape index (κ3) is 4.34.